The third-order valence-electron chi connectivity index (χ3n) is 3.52. The Morgan fingerprint density at radius 2 is 2.05 bits per heavy atom. The van der Waals surface area contributed by atoms with Gasteiger partial charge in [-0.05, 0) is 49.4 Å². The van der Waals surface area contributed by atoms with E-state index in [1.165, 1.54) is 25.0 Å². The Hall–Kier alpha value is -0.970. The van der Waals surface area contributed by atoms with E-state index in [4.69, 9.17) is 4.74 Å². The number of aliphatic hydroxyl groups is 1. The van der Waals surface area contributed by atoms with Gasteiger partial charge in [0.2, 0.25) is 0 Å². The van der Waals surface area contributed by atoms with E-state index < -0.39 is 6.10 Å². The average molecular weight is 267 g/mol. The predicted molar refractivity (Wildman–Crippen MR) is 72.4 cm³/mol. The van der Waals surface area contributed by atoms with Crippen molar-refractivity contribution in [1.29, 1.82) is 0 Å². The molecule has 0 aromatic heterocycles. The third kappa shape index (κ3) is 4.56. The van der Waals surface area contributed by atoms with Gasteiger partial charge in [0.05, 0.1) is 12.7 Å². The Kier molecular flexibility index (Phi) is 5.31. The summed E-state index contributed by atoms with van der Waals surface area (Å²) in [5.41, 5.74) is 1.13. The Labute approximate surface area is 113 Å². The van der Waals surface area contributed by atoms with Crippen LogP contribution >= 0.6 is 0 Å². The fourth-order valence-electron chi connectivity index (χ4n) is 2.34. The standard InChI is InChI=1S/C15H22FNO2/c1-19-10-14(18)8-9-17-15(11-2-3-11)12-4-6-13(16)7-5-12/h4-7,11,14-15,17-18H,2-3,8-10H2,1H3. The molecule has 1 aliphatic carbocycles. The van der Waals surface area contributed by atoms with Gasteiger partial charge in [-0.15, -0.1) is 0 Å². The molecule has 0 spiro atoms. The molecular weight excluding hydrogens is 245 g/mol. The van der Waals surface area contributed by atoms with Crippen LogP contribution in [0.1, 0.15) is 30.9 Å². The molecule has 0 heterocycles. The summed E-state index contributed by atoms with van der Waals surface area (Å²) in [5, 5.41) is 13.1. The zero-order valence-corrected chi connectivity index (χ0v) is 11.3. The monoisotopic (exact) mass is 267 g/mol. The lowest BCUT2D eigenvalue weighted by Gasteiger charge is -2.20. The summed E-state index contributed by atoms with van der Waals surface area (Å²) < 4.78 is 17.8. The minimum Gasteiger partial charge on any atom is -0.391 e. The van der Waals surface area contributed by atoms with Gasteiger partial charge in [-0.1, -0.05) is 12.1 Å². The minimum atomic E-state index is -0.425. The van der Waals surface area contributed by atoms with Gasteiger partial charge in [0.15, 0.2) is 0 Å². The molecule has 0 radical (unpaired) electrons. The van der Waals surface area contributed by atoms with E-state index in [0.717, 1.165) is 12.1 Å². The van der Waals surface area contributed by atoms with Crippen molar-refractivity contribution in [3.63, 3.8) is 0 Å². The van der Waals surface area contributed by atoms with Crippen LogP contribution in [0, 0.1) is 11.7 Å². The van der Waals surface area contributed by atoms with E-state index in [9.17, 15) is 9.50 Å². The van der Waals surface area contributed by atoms with Gasteiger partial charge in [-0.3, -0.25) is 0 Å². The van der Waals surface area contributed by atoms with Crippen molar-refractivity contribution in [3.05, 3.63) is 35.6 Å². The largest absolute Gasteiger partial charge is 0.391 e. The normalized spacial score (nSPS) is 18.3. The van der Waals surface area contributed by atoms with Crippen LogP contribution in [0.5, 0.6) is 0 Å². The van der Waals surface area contributed by atoms with Gasteiger partial charge >= 0.3 is 0 Å². The fourth-order valence-corrected chi connectivity index (χ4v) is 2.34. The van der Waals surface area contributed by atoms with Gasteiger partial charge in [-0.2, -0.15) is 0 Å². The SMILES string of the molecule is COCC(O)CCNC(c1ccc(F)cc1)C1CC1. The van der Waals surface area contributed by atoms with E-state index in [2.05, 4.69) is 5.32 Å². The molecule has 1 fully saturated rings. The molecule has 0 saturated heterocycles. The minimum absolute atomic E-state index is 0.200. The quantitative estimate of drug-likeness (QED) is 0.759. The first-order valence-electron chi connectivity index (χ1n) is 6.86. The summed E-state index contributed by atoms with van der Waals surface area (Å²) in [7, 11) is 1.59. The van der Waals surface area contributed by atoms with Crippen LogP contribution in [0.15, 0.2) is 24.3 Å². The highest BCUT2D eigenvalue weighted by molar-refractivity contribution is 5.21. The first-order valence-corrected chi connectivity index (χ1v) is 6.86. The second-order valence-corrected chi connectivity index (χ2v) is 5.22. The lowest BCUT2D eigenvalue weighted by atomic mass is 10.0. The van der Waals surface area contributed by atoms with Crippen molar-refractivity contribution in [3.8, 4) is 0 Å². The van der Waals surface area contributed by atoms with Crippen LogP contribution in [0.4, 0.5) is 4.39 Å². The summed E-state index contributed by atoms with van der Waals surface area (Å²) in [5.74, 6) is 0.443. The molecule has 1 aromatic carbocycles. The highest BCUT2D eigenvalue weighted by atomic mass is 19.1. The maximum absolute atomic E-state index is 12.9. The summed E-state index contributed by atoms with van der Waals surface area (Å²) in [6.07, 6.45) is 2.68. The molecule has 1 saturated carbocycles. The number of aliphatic hydroxyl groups excluding tert-OH is 1. The van der Waals surface area contributed by atoms with Crippen molar-refractivity contribution < 1.29 is 14.2 Å². The number of benzene rings is 1. The molecule has 2 rings (SSSR count). The Morgan fingerprint density at radius 3 is 2.63 bits per heavy atom. The molecule has 2 atom stereocenters. The van der Waals surface area contributed by atoms with Gasteiger partial charge in [0, 0.05) is 13.2 Å². The molecule has 1 aliphatic rings. The first-order chi connectivity index (χ1) is 9.20. The van der Waals surface area contributed by atoms with E-state index in [1.54, 1.807) is 7.11 Å². The van der Waals surface area contributed by atoms with Gasteiger partial charge in [0.1, 0.15) is 5.82 Å². The highest BCUT2D eigenvalue weighted by Gasteiger charge is 2.31. The number of hydrogen-bond donors (Lipinski definition) is 2. The Bertz CT molecular complexity index is 378. The molecular formula is C15H22FNO2. The molecule has 1 aromatic rings. The fraction of sp³-hybridized carbons (Fsp3) is 0.600. The number of hydrogen-bond acceptors (Lipinski definition) is 3. The Morgan fingerprint density at radius 1 is 1.37 bits per heavy atom. The molecule has 3 nitrogen and oxygen atoms in total. The van der Waals surface area contributed by atoms with Crippen molar-refractivity contribution >= 4 is 0 Å². The number of rotatable bonds is 8. The molecule has 19 heavy (non-hydrogen) atoms. The molecule has 0 bridgehead atoms. The maximum Gasteiger partial charge on any atom is 0.123 e. The van der Waals surface area contributed by atoms with E-state index in [0.29, 0.717) is 18.9 Å². The summed E-state index contributed by atoms with van der Waals surface area (Å²) in [4.78, 5) is 0. The number of nitrogens with one attached hydrogen (secondary N) is 1. The summed E-state index contributed by atoms with van der Waals surface area (Å²) in [6, 6.07) is 6.97. The van der Waals surface area contributed by atoms with E-state index in [1.807, 2.05) is 12.1 Å². The molecule has 0 aliphatic heterocycles. The molecule has 0 amide bonds. The van der Waals surface area contributed by atoms with E-state index in [-0.39, 0.29) is 11.9 Å². The van der Waals surface area contributed by atoms with Gasteiger partial charge in [0.25, 0.3) is 0 Å². The zero-order valence-electron chi connectivity index (χ0n) is 11.3. The average Bonchev–Trinajstić information content (AvgIpc) is 3.21. The molecule has 106 valence electrons. The zero-order chi connectivity index (χ0) is 13.7. The number of methoxy groups -OCH3 is 1. The highest BCUT2D eigenvalue weighted by Crippen LogP contribution is 2.40. The summed E-state index contributed by atoms with van der Waals surface area (Å²) >= 11 is 0. The van der Waals surface area contributed by atoms with Crippen LogP contribution in [0.3, 0.4) is 0 Å². The number of ether oxygens (including phenoxy) is 1. The molecule has 2 N–H and O–H groups in total. The number of halogens is 1. The first kappa shape index (κ1) is 14.4. The third-order valence-corrected chi connectivity index (χ3v) is 3.52. The van der Waals surface area contributed by atoms with Crippen molar-refractivity contribution in [2.24, 2.45) is 5.92 Å². The van der Waals surface area contributed by atoms with Crippen LogP contribution in [-0.4, -0.2) is 31.5 Å². The Balaban J connectivity index is 1.85. The topological polar surface area (TPSA) is 41.5 Å². The predicted octanol–water partition coefficient (Wildman–Crippen LogP) is 2.26. The second kappa shape index (κ2) is 6.98. The smallest absolute Gasteiger partial charge is 0.123 e. The van der Waals surface area contributed by atoms with Gasteiger partial charge < -0.3 is 15.2 Å². The van der Waals surface area contributed by atoms with Crippen LogP contribution < -0.4 is 5.32 Å². The van der Waals surface area contributed by atoms with Crippen molar-refractivity contribution in [2.75, 3.05) is 20.3 Å². The molecule has 2 unspecified atom stereocenters. The second-order valence-electron chi connectivity index (χ2n) is 5.22. The lowest BCUT2D eigenvalue weighted by molar-refractivity contribution is 0.0588. The van der Waals surface area contributed by atoms with Crippen molar-refractivity contribution in [1.82, 2.24) is 5.32 Å². The van der Waals surface area contributed by atoms with Crippen LogP contribution in [0.2, 0.25) is 0 Å². The molecule has 4 heteroatoms. The maximum atomic E-state index is 12.9. The lowest BCUT2D eigenvalue weighted by Crippen LogP contribution is -2.28. The van der Waals surface area contributed by atoms with Crippen LogP contribution in [0.25, 0.3) is 0 Å². The van der Waals surface area contributed by atoms with Crippen LogP contribution in [-0.2, 0) is 4.74 Å². The summed E-state index contributed by atoms with van der Waals surface area (Å²) in [6.45, 7) is 1.11. The van der Waals surface area contributed by atoms with E-state index >= 15 is 0 Å². The van der Waals surface area contributed by atoms with Gasteiger partial charge in [-0.25, -0.2) is 4.39 Å². The van der Waals surface area contributed by atoms with Crippen molar-refractivity contribution in [2.45, 2.75) is 31.4 Å².